The fraction of sp³-hybridized carbons (Fsp3) is 0.500. The molecule has 1 amide bonds. The van der Waals surface area contributed by atoms with Gasteiger partial charge in [-0.3, -0.25) is 4.79 Å². The number of nitrogens with two attached hydrogens (primary N) is 1. The SMILES string of the molecule is NCC(CN1CCCCC1=O)c1ccccc1. The van der Waals surface area contributed by atoms with Gasteiger partial charge in [-0.15, -0.1) is 0 Å². The predicted molar refractivity (Wildman–Crippen MR) is 68.7 cm³/mol. The summed E-state index contributed by atoms with van der Waals surface area (Å²) >= 11 is 0. The number of hydrogen-bond acceptors (Lipinski definition) is 2. The van der Waals surface area contributed by atoms with Crippen molar-refractivity contribution in [2.45, 2.75) is 25.2 Å². The quantitative estimate of drug-likeness (QED) is 0.859. The highest BCUT2D eigenvalue weighted by molar-refractivity contribution is 5.76. The number of piperidine rings is 1. The van der Waals surface area contributed by atoms with E-state index in [1.165, 1.54) is 5.56 Å². The Morgan fingerprint density at radius 1 is 1.24 bits per heavy atom. The van der Waals surface area contributed by atoms with Crippen molar-refractivity contribution < 1.29 is 4.79 Å². The van der Waals surface area contributed by atoms with Crippen molar-refractivity contribution in [3.8, 4) is 0 Å². The lowest BCUT2D eigenvalue weighted by molar-refractivity contribution is -0.133. The van der Waals surface area contributed by atoms with E-state index < -0.39 is 0 Å². The maximum Gasteiger partial charge on any atom is 0.222 e. The Labute approximate surface area is 103 Å². The molecule has 0 aromatic heterocycles. The van der Waals surface area contributed by atoms with Crippen molar-refractivity contribution in [3.05, 3.63) is 35.9 Å². The lowest BCUT2D eigenvalue weighted by atomic mass is 9.97. The van der Waals surface area contributed by atoms with Crippen molar-refractivity contribution in [1.29, 1.82) is 0 Å². The molecular formula is C14H20N2O. The Morgan fingerprint density at radius 2 is 2.00 bits per heavy atom. The zero-order chi connectivity index (χ0) is 12.1. The molecule has 1 heterocycles. The lowest BCUT2D eigenvalue weighted by Crippen LogP contribution is -2.39. The fourth-order valence-corrected chi connectivity index (χ4v) is 2.36. The highest BCUT2D eigenvalue weighted by Gasteiger charge is 2.21. The molecule has 1 fully saturated rings. The van der Waals surface area contributed by atoms with Gasteiger partial charge in [0.25, 0.3) is 0 Å². The molecule has 3 nitrogen and oxygen atoms in total. The maximum absolute atomic E-state index is 11.8. The third-order valence-corrected chi connectivity index (χ3v) is 3.42. The molecule has 1 aliphatic heterocycles. The van der Waals surface area contributed by atoms with E-state index in [0.29, 0.717) is 13.0 Å². The summed E-state index contributed by atoms with van der Waals surface area (Å²) in [5, 5.41) is 0. The Kier molecular flexibility index (Phi) is 4.15. The number of nitrogens with zero attached hydrogens (tertiary/aromatic N) is 1. The molecule has 92 valence electrons. The van der Waals surface area contributed by atoms with Gasteiger partial charge >= 0.3 is 0 Å². The molecule has 1 unspecified atom stereocenters. The number of amides is 1. The van der Waals surface area contributed by atoms with Gasteiger partial charge in [-0.2, -0.15) is 0 Å². The summed E-state index contributed by atoms with van der Waals surface area (Å²) in [5.41, 5.74) is 7.06. The summed E-state index contributed by atoms with van der Waals surface area (Å²) in [5.74, 6) is 0.545. The molecule has 0 aliphatic carbocycles. The average Bonchev–Trinajstić information content (AvgIpc) is 2.39. The summed E-state index contributed by atoms with van der Waals surface area (Å²) in [6.07, 6.45) is 2.86. The number of hydrogen-bond donors (Lipinski definition) is 1. The smallest absolute Gasteiger partial charge is 0.222 e. The highest BCUT2D eigenvalue weighted by atomic mass is 16.2. The zero-order valence-electron chi connectivity index (χ0n) is 10.1. The standard InChI is InChI=1S/C14H20N2O/c15-10-13(12-6-2-1-3-7-12)11-16-9-5-4-8-14(16)17/h1-3,6-7,13H,4-5,8-11,15H2. The normalized spacial score (nSPS) is 18.2. The largest absolute Gasteiger partial charge is 0.342 e. The topological polar surface area (TPSA) is 46.3 Å². The van der Waals surface area contributed by atoms with E-state index in [-0.39, 0.29) is 11.8 Å². The third kappa shape index (κ3) is 3.07. The third-order valence-electron chi connectivity index (χ3n) is 3.42. The molecule has 0 saturated carbocycles. The second kappa shape index (κ2) is 5.82. The monoisotopic (exact) mass is 232 g/mol. The predicted octanol–water partition coefficient (Wildman–Crippen LogP) is 1.74. The van der Waals surface area contributed by atoms with Gasteiger partial charge in [0.2, 0.25) is 5.91 Å². The minimum absolute atomic E-state index is 0.262. The first-order valence-corrected chi connectivity index (χ1v) is 6.34. The van der Waals surface area contributed by atoms with E-state index in [2.05, 4.69) is 12.1 Å². The summed E-state index contributed by atoms with van der Waals surface area (Å²) in [6.45, 7) is 2.25. The maximum atomic E-state index is 11.8. The van der Waals surface area contributed by atoms with Gasteiger partial charge in [-0.1, -0.05) is 30.3 Å². The number of rotatable bonds is 4. The van der Waals surface area contributed by atoms with Gasteiger partial charge in [-0.05, 0) is 18.4 Å². The first-order chi connectivity index (χ1) is 8.31. The average molecular weight is 232 g/mol. The fourth-order valence-electron chi connectivity index (χ4n) is 2.36. The Bertz CT molecular complexity index is 364. The molecule has 17 heavy (non-hydrogen) atoms. The van der Waals surface area contributed by atoms with Crippen LogP contribution in [-0.4, -0.2) is 30.4 Å². The van der Waals surface area contributed by atoms with Crippen molar-refractivity contribution in [2.24, 2.45) is 5.73 Å². The van der Waals surface area contributed by atoms with Crippen LogP contribution in [0.4, 0.5) is 0 Å². The molecule has 0 spiro atoms. The van der Waals surface area contributed by atoms with E-state index in [0.717, 1.165) is 25.9 Å². The highest BCUT2D eigenvalue weighted by Crippen LogP contribution is 2.19. The van der Waals surface area contributed by atoms with Crippen molar-refractivity contribution in [3.63, 3.8) is 0 Å². The van der Waals surface area contributed by atoms with Gasteiger partial charge in [0.1, 0.15) is 0 Å². The zero-order valence-corrected chi connectivity index (χ0v) is 10.1. The van der Waals surface area contributed by atoms with Crippen LogP contribution in [0.1, 0.15) is 30.7 Å². The molecule has 0 radical (unpaired) electrons. The molecule has 1 saturated heterocycles. The van der Waals surface area contributed by atoms with Gasteiger partial charge in [0.15, 0.2) is 0 Å². The summed E-state index contributed by atoms with van der Waals surface area (Å²) in [7, 11) is 0. The molecule has 2 N–H and O–H groups in total. The van der Waals surface area contributed by atoms with Crippen LogP contribution in [0, 0.1) is 0 Å². The van der Waals surface area contributed by atoms with E-state index in [9.17, 15) is 4.79 Å². The minimum Gasteiger partial charge on any atom is -0.342 e. The van der Waals surface area contributed by atoms with Crippen LogP contribution in [-0.2, 0) is 4.79 Å². The molecule has 1 aliphatic rings. The minimum atomic E-state index is 0.262. The summed E-state index contributed by atoms with van der Waals surface area (Å²) < 4.78 is 0. The Balaban J connectivity index is 2.02. The van der Waals surface area contributed by atoms with E-state index in [1.807, 2.05) is 23.1 Å². The number of carbonyl (C=O) groups is 1. The van der Waals surface area contributed by atoms with E-state index >= 15 is 0 Å². The summed E-state index contributed by atoms with van der Waals surface area (Å²) in [6, 6.07) is 10.2. The lowest BCUT2D eigenvalue weighted by Gasteiger charge is -2.30. The molecule has 1 aromatic rings. The molecule has 1 atom stereocenters. The van der Waals surface area contributed by atoms with Crippen LogP contribution in [0.2, 0.25) is 0 Å². The van der Waals surface area contributed by atoms with Crippen LogP contribution in [0.15, 0.2) is 30.3 Å². The van der Waals surface area contributed by atoms with Crippen LogP contribution in [0.3, 0.4) is 0 Å². The van der Waals surface area contributed by atoms with E-state index in [1.54, 1.807) is 0 Å². The first-order valence-electron chi connectivity index (χ1n) is 6.34. The van der Waals surface area contributed by atoms with Gasteiger partial charge < -0.3 is 10.6 Å². The number of benzene rings is 1. The van der Waals surface area contributed by atoms with Crippen LogP contribution >= 0.6 is 0 Å². The Morgan fingerprint density at radius 3 is 2.65 bits per heavy atom. The van der Waals surface area contributed by atoms with Crippen LogP contribution in [0.25, 0.3) is 0 Å². The van der Waals surface area contributed by atoms with Gasteiger partial charge in [0, 0.05) is 32.0 Å². The molecule has 2 rings (SSSR count). The first kappa shape index (κ1) is 12.1. The van der Waals surface area contributed by atoms with Crippen molar-refractivity contribution in [2.75, 3.05) is 19.6 Å². The molecule has 0 bridgehead atoms. The van der Waals surface area contributed by atoms with Crippen LogP contribution in [0.5, 0.6) is 0 Å². The molecule has 3 heteroatoms. The molecule has 1 aromatic carbocycles. The van der Waals surface area contributed by atoms with Gasteiger partial charge in [0.05, 0.1) is 0 Å². The van der Waals surface area contributed by atoms with Gasteiger partial charge in [-0.25, -0.2) is 0 Å². The molecular weight excluding hydrogens is 212 g/mol. The second-order valence-corrected chi connectivity index (χ2v) is 4.64. The van der Waals surface area contributed by atoms with Crippen LogP contribution < -0.4 is 5.73 Å². The summed E-state index contributed by atoms with van der Waals surface area (Å²) in [4.78, 5) is 13.7. The van der Waals surface area contributed by atoms with E-state index in [4.69, 9.17) is 5.73 Å². The van der Waals surface area contributed by atoms with Crippen molar-refractivity contribution >= 4 is 5.91 Å². The Hall–Kier alpha value is -1.35. The number of carbonyl (C=O) groups excluding carboxylic acids is 1. The van der Waals surface area contributed by atoms with Crippen molar-refractivity contribution in [1.82, 2.24) is 4.90 Å². The second-order valence-electron chi connectivity index (χ2n) is 4.64. The number of likely N-dealkylation sites (tertiary alicyclic amines) is 1.